The molecule has 1 saturated heterocycles. The number of benzene rings is 1. The van der Waals surface area contributed by atoms with Gasteiger partial charge in [0.05, 0.1) is 6.54 Å². The lowest BCUT2D eigenvalue weighted by atomic mass is 9.98. The van der Waals surface area contributed by atoms with Gasteiger partial charge >= 0.3 is 0 Å². The summed E-state index contributed by atoms with van der Waals surface area (Å²) in [5.41, 5.74) is 7.05. The number of hydrogen-bond donors (Lipinski definition) is 3. The van der Waals surface area contributed by atoms with Crippen molar-refractivity contribution in [1.82, 2.24) is 20.3 Å². The first kappa shape index (κ1) is 22.8. The maximum Gasteiger partial charge on any atom is 0.257 e. The van der Waals surface area contributed by atoms with Crippen LogP contribution in [0.4, 0.5) is 5.69 Å². The third kappa shape index (κ3) is 5.42. The largest absolute Gasteiger partial charge is 0.376 e. The number of nitrogens with zero attached hydrogens (tertiary/aromatic N) is 2. The molecule has 3 N–H and O–H groups in total. The first-order chi connectivity index (χ1) is 14.7. The molecule has 1 aliphatic heterocycles. The topological polar surface area (TPSA) is 134 Å². The van der Waals surface area contributed by atoms with Crippen LogP contribution in [0.15, 0.2) is 33.7 Å². The summed E-state index contributed by atoms with van der Waals surface area (Å²) in [6.07, 6.45) is 0.706. The smallest absolute Gasteiger partial charge is 0.257 e. The molecule has 1 aliphatic rings. The minimum Gasteiger partial charge on any atom is -0.376 e. The summed E-state index contributed by atoms with van der Waals surface area (Å²) in [5.74, 6) is -0.855. The van der Waals surface area contributed by atoms with Gasteiger partial charge in [0.25, 0.3) is 5.91 Å². The molecule has 2 aromatic rings. The summed E-state index contributed by atoms with van der Waals surface area (Å²) in [5, 5.41) is 6.68. The SMILES string of the molecule is Cc1ccc(NCC(=O)NNC(=O)C2CCN(S(=O)(=O)c3c(C)noc3C)CC2)cc1. The second-order valence-corrected chi connectivity index (χ2v) is 9.46. The van der Waals surface area contributed by atoms with E-state index in [4.69, 9.17) is 4.52 Å². The highest BCUT2D eigenvalue weighted by molar-refractivity contribution is 7.89. The molecule has 0 aliphatic carbocycles. The zero-order chi connectivity index (χ0) is 22.6. The van der Waals surface area contributed by atoms with Gasteiger partial charge in [0.15, 0.2) is 5.76 Å². The van der Waals surface area contributed by atoms with E-state index >= 15 is 0 Å². The first-order valence-electron chi connectivity index (χ1n) is 10.0. The normalized spacial score (nSPS) is 15.5. The van der Waals surface area contributed by atoms with Crippen molar-refractivity contribution in [2.45, 2.75) is 38.5 Å². The summed E-state index contributed by atoms with van der Waals surface area (Å²) < 4.78 is 32.0. The maximum absolute atomic E-state index is 12.9. The van der Waals surface area contributed by atoms with Gasteiger partial charge in [-0.2, -0.15) is 4.31 Å². The fourth-order valence-corrected chi connectivity index (χ4v) is 5.22. The Morgan fingerprint density at radius 1 is 1.10 bits per heavy atom. The number of aryl methyl sites for hydroxylation is 3. The van der Waals surface area contributed by atoms with Crippen LogP contribution in [0.2, 0.25) is 0 Å². The Morgan fingerprint density at radius 2 is 1.74 bits per heavy atom. The molecule has 11 heteroatoms. The van der Waals surface area contributed by atoms with Gasteiger partial charge in [0.2, 0.25) is 15.9 Å². The molecule has 0 unspecified atom stereocenters. The van der Waals surface area contributed by atoms with E-state index in [1.807, 2.05) is 31.2 Å². The van der Waals surface area contributed by atoms with Gasteiger partial charge in [-0.3, -0.25) is 20.4 Å². The van der Waals surface area contributed by atoms with Gasteiger partial charge in [-0.1, -0.05) is 22.9 Å². The van der Waals surface area contributed by atoms with Gasteiger partial charge in [0, 0.05) is 24.7 Å². The standard InChI is InChI=1S/C20H27N5O5S/c1-13-4-6-17(7-5-13)21-12-18(26)22-23-20(27)16-8-10-25(11-9-16)31(28,29)19-14(2)24-30-15(19)3/h4-7,16,21H,8-12H2,1-3H3,(H,22,26)(H,23,27). The fourth-order valence-electron chi connectivity index (χ4n) is 3.46. The molecule has 31 heavy (non-hydrogen) atoms. The number of sulfonamides is 1. The van der Waals surface area contributed by atoms with Crippen LogP contribution in [0.1, 0.15) is 29.9 Å². The number of hydrazine groups is 1. The van der Waals surface area contributed by atoms with E-state index in [1.54, 1.807) is 13.8 Å². The minimum atomic E-state index is -3.72. The van der Waals surface area contributed by atoms with Crippen LogP contribution in [0.3, 0.4) is 0 Å². The molecule has 168 valence electrons. The molecule has 0 radical (unpaired) electrons. The number of carbonyl (C=O) groups excluding carboxylic acids is 2. The van der Waals surface area contributed by atoms with Crippen LogP contribution in [0, 0.1) is 26.7 Å². The van der Waals surface area contributed by atoms with Crippen LogP contribution in [-0.2, 0) is 19.6 Å². The highest BCUT2D eigenvalue weighted by Gasteiger charge is 2.35. The maximum atomic E-state index is 12.9. The Morgan fingerprint density at radius 3 is 2.32 bits per heavy atom. The Balaban J connectivity index is 1.45. The second kappa shape index (κ2) is 9.48. The van der Waals surface area contributed by atoms with E-state index in [2.05, 4.69) is 21.3 Å². The second-order valence-electron chi connectivity index (χ2n) is 7.59. The van der Waals surface area contributed by atoms with Crippen molar-refractivity contribution in [3.63, 3.8) is 0 Å². The number of carbonyl (C=O) groups is 2. The molecule has 0 atom stereocenters. The van der Waals surface area contributed by atoms with Crippen molar-refractivity contribution in [2.75, 3.05) is 25.0 Å². The molecule has 0 bridgehead atoms. The van der Waals surface area contributed by atoms with Crippen LogP contribution in [0.5, 0.6) is 0 Å². The molecule has 0 spiro atoms. The van der Waals surface area contributed by atoms with Gasteiger partial charge in [-0.25, -0.2) is 8.42 Å². The molecule has 0 saturated carbocycles. The highest BCUT2D eigenvalue weighted by Crippen LogP contribution is 2.27. The van der Waals surface area contributed by atoms with Crippen molar-refractivity contribution in [3.8, 4) is 0 Å². The molecule has 2 amide bonds. The van der Waals surface area contributed by atoms with Crippen molar-refractivity contribution in [2.24, 2.45) is 5.92 Å². The zero-order valence-corrected chi connectivity index (χ0v) is 18.6. The Bertz CT molecular complexity index is 1020. The number of piperidine rings is 1. The van der Waals surface area contributed by atoms with Gasteiger partial charge in [0.1, 0.15) is 10.6 Å². The molecule has 1 aromatic heterocycles. The molecule has 1 aromatic carbocycles. The van der Waals surface area contributed by atoms with E-state index < -0.39 is 10.0 Å². The number of aromatic nitrogens is 1. The van der Waals surface area contributed by atoms with Gasteiger partial charge in [-0.15, -0.1) is 0 Å². The first-order valence-corrected chi connectivity index (χ1v) is 11.4. The van der Waals surface area contributed by atoms with E-state index in [-0.39, 0.29) is 48.0 Å². The van der Waals surface area contributed by atoms with Gasteiger partial charge in [-0.05, 0) is 45.7 Å². The zero-order valence-electron chi connectivity index (χ0n) is 17.8. The number of hydrogen-bond acceptors (Lipinski definition) is 7. The van der Waals surface area contributed by atoms with E-state index in [0.717, 1.165) is 11.3 Å². The molecule has 10 nitrogen and oxygen atoms in total. The minimum absolute atomic E-state index is 0.0114. The Hall–Kier alpha value is -2.92. The summed E-state index contributed by atoms with van der Waals surface area (Å²) in [6.45, 7) is 5.53. The van der Waals surface area contributed by atoms with Crippen molar-refractivity contribution < 1.29 is 22.5 Å². The molecule has 1 fully saturated rings. The van der Waals surface area contributed by atoms with Gasteiger partial charge < -0.3 is 9.84 Å². The number of nitrogens with one attached hydrogen (secondary N) is 3. The van der Waals surface area contributed by atoms with Crippen molar-refractivity contribution in [3.05, 3.63) is 41.3 Å². The van der Waals surface area contributed by atoms with E-state index in [0.29, 0.717) is 18.5 Å². The Kier molecular flexibility index (Phi) is 6.96. The quantitative estimate of drug-likeness (QED) is 0.565. The van der Waals surface area contributed by atoms with Crippen LogP contribution < -0.4 is 16.2 Å². The molecular weight excluding hydrogens is 422 g/mol. The van der Waals surface area contributed by atoms with E-state index in [9.17, 15) is 18.0 Å². The predicted octanol–water partition coefficient (Wildman–Crippen LogP) is 1.26. The van der Waals surface area contributed by atoms with Crippen LogP contribution >= 0.6 is 0 Å². The monoisotopic (exact) mass is 449 g/mol. The lowest BCUT2D eigenvalue weighted by molar-refractivity contribution is -0.131. The highest BCUT2D eigenvalue weighted by atomic mass is 32.2. The third-order valence-corrected chi connectivity index (χ3v) is 7.36. The summed E-state index contributed by atoms with van der Waals surface area (Å²) >= 11 is 0. The number of rotatable bonds is 6. The lowest BCUT2D eigenvalue weighted by Crippen LogP contribution is -2.49. The summed E-state index contributed by atoms with van der Waals surface area (Å²) in [4.78, 5) is 24.4. The summed E-state index contributed by atoms with van der Waals surface area (Å²) in [7, 11) is -3.72. The molecular formula is C20H27N5O5S. The van der Waals surface area contributed by atoms with Crippen LogP contribution in [-0.4, -0.2) is 49.3 Å². The van der Waals surface area contributed by atoms with Crippen molar-refractivity contribution >= 4 is 27.5 Å². The lowest BCUT2D eigenvalue weighted by Gasteiger charge is -2.30. The van der Waals surface area contributed by atoms with E-state index in [1.165, 1.54) is 4.31 Å². The Labute approximate surface area is 181 Å². The van der Waals surface area contributed by atoms with Crippen molar-refractivity contribution in [1.29, 1.82) is 0 Å². The third-order valence-electron chi connectivity index (χ3n) is 5.22. The van der Waals surface area contributed by atoms with Crippen LogP contribution in [0.25, 0.3) is 0 Å². The number of anilines is 1. The summed E-state index contributed by atoms with van der Waals surface area (Å²) in [6, 6.07) is 7.60. The number of amides is 2. The molecule has 2 heterocycles. The predicted molar refractivity (Wildman–Crippen MR) is 113 cm³/mol. The molecule has 3 rings (SSSR count). The average Bonchev–Trinajstić information content (AvgIpc) is 3.10. The fraction of sp³-hybridized carbons (Fsp3) is 0.450. The average molecular weight is 450 g/mol.